The molecule has 6 nitrogen and oxygen atoms in total. The summed E-state index contributed by atoms with van der Waals surface area (Å²) in [5.41, 5.74) is -1.27. The van der Waals surface area contributed by atoms with Crippen molar-refractivity contribution >= 4 is 27.6 Å². The van der Waals surface area contributed by atoms with Crippen molar-refractivity contribution in [3.8, 4) is 11.5 Å². The lowest BCUT2D eigenvalue weighted by molar-refractivity contribution is -0.386. The molecular weight excluding hydrogens is 349 g/mol. The zero-order valence-electron chi connectivity index (χ0n) is 10.2. The molecule has 0 atom stereocenters. The third-order valence-electron chi connectivity index (χ3n) is 2.53. The van der Waals surface area contributed by atoms with Gasteiger partial charge in [0, 0.05) is 4.47 Å². The van der Waals surface area contributed by atoms with E-state index < -0.39 is 28.0 Å². The van der Waals surface area contributed by atoms with Gasteiger partial charge in [-0.2, -0.15) is 0 Å². The Morgan fingerprint density at radius 2 is 2.00 bits per heavy atom. The number of aromatic carboxylic acids is 1. The lowest BCUT2D eigenvalue weighted by Crippen LogP contribution is -2.04. The van der Waals surface area contributed by atoms with E-state index in [4.69, 9.17) is 9.84 Å². The Kier molecular flexibility index (Phi) is 4.18. The highest BCUT2D eigenvalue weighted by Gasteiger charge is 2.26. The smallest absolute Gasteiger partial charge is 0.342 e. The van der Waals surface area contributed by atoms with E-state index in [9.17, 15) is 19.3 Å². The minimum Gasteiger partial charge on any atom is -0.477 e. The van der Waals surface area contributed by atoms with Gasteiger partial charge in [0.2, 0.25) is 5.75 Å². The standard InChI is InChI=1S/C13H7BrFNO5/c14-7-4-5-9(15)11(6-7)21-10-3-1-2-8(13(17)18)12(10)16(19)20/h1-6H,(H,17,18). The van der Waals surface area contributed by atoms with Crippen LogP contribution in [0.1, 0.15) is 10.4 Å². The highest BCUT2D eigenvalue weighted by molar-refractivity contribution is 9.10. The fourth-order valence-electron chi connectivity index (χ4n) is 1.64. The van der Waals surface area contributed by atoms with Crippen LogP contribution >= 0.6 is 15.9 Å². The van der Waals surface area contributed by atoms with E-state index >= 15 is 0 Å². The SMILES string of the molecule is O=C(O)c1cccc(Oc2cc(Br)ccc2F)c1[N+](=O)[O-]. The van der Waals surface area contributed by atoms with Gasteiger partial charge in [0.15, 0.2) is 11.6 Å². The van der Waals surface area contributed by atoms with Crippen LogP contribution in [0.25, 0.3) is 0 Å². The summed E-state index contributed by atoms with van der Waals surface area (Å²) in [5, 5.41) is 20.0. The van der Waals surface area contributed by atoms with Gasteiger partial charge in [-0.1, -0.05) is 22.0 Å². The molecule has 0 fully saturated rings. The molecule has 0 amide bonds. The molecule has 2 aromatic rings. The number of halogens is 2. The first kappa shape index (κ1) is 14.9. The molecule has 108 valence electrons. The number of ether oxygens (including phenoxy) is 1. The Morgan fingerprint density at radius 1 is 1.29 bits per heavy atom. The summed E-state index contributed by atoms with van der Waals surface area (Å²) in [6, 6.07) is 7.39. The van der Waals surface area contributed by atoms with Gasteiger partial charge in [-0.3, -0.25) is 10.1 Å². The van der Waals surface area contributed by atoms with Crippen molar-refractivity contribution in [2.45, 2.75) is 0 Å². The molecule has 2 aromatic carbocycles. The highest BCUT2D eigenvalue weighted by atomic mass is 79.9. The molecule has 0 bridgehead atoms. The van der Waals surface area contributed by atoms with Crippen molar-refractivity contribution in [2.75, 3.05) is 0 Å². The van der Waals surface area contributed by atoms with Gasteiger partial charge in [-0.05, 0) is 30.3 Å². The van der Waals surface area contributed by atoms with Crippen molar-refractivity contribution in [3.05, 3.63) is 62.4 Å². The third-order valence-corrected chi connectivity index (χ3v) is 3.02. The molecule has 0 saturated carbocycles. The van der Waals surface area contributed by atoms with Crippen molar-refractivity contribution in [2.24, 2.45) is 0 Å². The summed E-state index contributed by atoms with van der Waals surface area (Å²) < 4.78 is 19.3. The molecule has 0 aliphatic rings. The normalized spacial score (nSPS) is 10.2. The summed E-state index contributed by atoms with van der Waals surface area (Å²) >= 11 is 3.12. The molecule has 8 heteroatoms. The number of benzene rings is 2. The topological polar surface area (TPSA) is 89.7 Å². The second-order valence-corrected chi connectivity index (χ2v) is 4.81. The molecule has 0 saturated heterocycles. The Morgan fingerprint density at radius 3 is 2.62 bits per heavy atom. The van der Waals surface area contributed by atoms with E-state index in [0.29, 0.717) is 4.47 Å². The van der Waals surface area contributed by atoms with Crippen molar-refractivity contribution < 1.29 is 24.0 Å². The molecule has 2 rings (SSSR count). The first-order valence-electron chi connectivity index (χ1n) is 5.53. The summed E-state index contributed by atoms with van der Waals surface area (Å²) in [7, 11) is 0. The summed E-state index contributed by atoms with van der Waals surface area (Å²) in [4.78, 5) is 21.2. The zero-order valence-corrected chi connectivity index (χ0v) is 11.8. The minimum absolute atomic E-state index is 0.255. The molecule has 0 spiro atoms. The fourth-order valence-corrected chi connectivity index (χ4v) is 1.98. The van der Waals surface area contributed by atoms with Gasteiger partial charge in [0.25, 0.3) is 0 Å². The molecule has 0 aliphatic heterocycles. The highest BCUT2D eigenvalue weighted by Crippen LogP contribution is 2.36. The molecule has 0 heterocycles. The van der Waals surface area contributed by atoms with Crippen LogP contribution in [0.3, 0.4) is 0 Å². The largest absolute Gasteiger partial charge is 0.477 e. The van der Waals surface area contributed by atoms with E-state index in [2.05, 4.69) is 15.9 Å². The molecule has 0 unspecified atom stereocenters. The van der Waals surface area contributed by atoms with Crippen molar-refractivity contribution in [1.29, 1.82) is 0 Å². The molecule has 1 N–H and O–H groups in total. The minimum atomic E-state index is -1.47. The summed E-state index contributed by atoms with van der Waals surface area (Å²) in [6.07, 6.45) is 0. The predicted octanol–water partition coefficient (Wildman–Crippen LogP) is 3.99. The number of nitrogens with zero attached hydrogens (tertiary/aromatic N) is 1. The first-order chi connectivity index (χ1) is 9.90. The van der Waals surface area contributed by atoms with Crippen molar-refractivity contribution in [3.63, 3.8) is 0 Å². The van der Waals surface area contributed by atoms with Gasteiger partial charge in [-0.15, -0.1) is 0 Å². The Hall–Kier alpha value is -2.48. The molecule has 0 aliphatic carbocycles. The van der Waals surface area contributed by atoms with Crippen LogP contribution in [0.2, 0.25) is 0 Å². The second-order valence-electron chi connectivity index (χ2n) is 3.89. The van der Waals surface area contributed by atoms with Crippen molar-refractivity contribution in [1.82, 2.24) is 0 Å². The zero-order chi connectivity index (χ0) is 15.6. The number of nitro benzene ring substituents is 1. The number of para-hydroxylation sites is 1. The molecule has 0 radical (unpaired) electrons. The van der Waals surface area contributed by atoms with Crippen LogP contribution in [-0.2, 0) is 0 Å². The number of carboxylic acids is 1. The number of hydrogen-bond donors (Lipinski definition) is 1. The van der Waals surface area contributed by atoms with Gasteiger partial charge in [-0.25, -0.2) is 9.18 Å². The Bertz CT molecular complexity index is 734. The van der Waals surface area contributed by atoms with E-state index in [1.54, 1.807) is 0 Å². The van der Waals surface area contributed by atoms with Crippen LogP contribution in [0.5, 0.6) is 11.5 Å². The number of rotatable bonds is 4. The number of carbonyl (C=O) groups is 1. The molecular formula is C13H7BrFNO5. The Labute approximate surface area is 126 Å². The maximum absolute atomic E-state index is 13.6. The van der Waals surface area contributed by atoms with Crippen LogP contribution in [0, 0.1) is 15.9 Å². The van der Waals surface area contributed by atoms with Gasteiger partial charge in [0.1, 0.15) is 5.56 Å². The predicted molar refractivity (Wildman–Crippen MR) is 74.2 cm³/mol. The number of nitro groups is 1. The van der Waals surface area contributed by atoms with Gasteiger partial charge >= 0.3 is 11.7 Å². The van der Waals surface area contributed by atoms with Gasteiger partial charge < -0.3 is 9.84 Å². The lowest BCUT2D eigenvalue weighted by Gasteiger charge is -2.09. The maximum atomic E-state index is 13.6. The monoisotopic (exact) mass is 355 g/mol. The number of hydrogen-bond acceptors (Lipinski definition) is 4. The molecule has 21 heavy (non-hydrogen) atoms. The van der Waals surface area contributed by atoms with E-state index in [0.717, 1.165) is 12.1 Å². The maximum Gasteiger partial charge on any atom is 0.342 e. The van der Waals surface area contributed by atoms with E-state index in [1.807, 2.05) is 0 Å². The average molecular weight is 356 g/mol. The average Bonchev–Trinajstić information content (AvgIpc) is 2.42. The quantitative estimate of drug-likeness (QED) is 0.661. The number of carboxylic acid groups (broad SMARTS) is 1. The first-order valence-corrected chi connectivity index (χ1v) is 6.33. The van der Waals surface area contributed by atoms with Crippen LogP contribution in [0.15, 0.2) is 40.9 Å². The van der Waals surface area contributed by atoms with Gasteiger partial charge in [0.05, 0.1) is 4.92 Å². The lowest BCUT2D eigenvalue weighted by atomic mass is 10.1. The Balaban J connectivity index is 2.54. The van der Waals surface area contributed by atoms with Crippen LogP contribution < -0.4 is 4.74 Å². The third kappa shape index (κ3) is 3.16. The summed E-state index contributed by atoms with van der Waals surface area (Å²) in [6.45, 7) is 0. The summed E-state index contributed by atoms with van der Waals surface area (Å²) in [5.74, 6) is -2.80. The van der Waals surface area contributed by atoms with Crippen LogP contribution in [-0.4, -0.2) is 16.0 Å². The van der Waals surface area contributed by atoms with Crippen LogP contribution in [0.4, 0.5) is 10.1 Å². The fraction of sp³-hybridized carbons (Fsp3) is 0. The second kappa shape index (κ2) is 5.88. The van der Waals surface area contributed by atoms with E-state index in [1.165, 1.54) is 24.3 Å². The van der Waals surface area contributed by atoms with E-state index in [-0.39, 0.29) is 11.5 Å². The molecule has 0 aromatic heterocycles.